The topological polar surface area (TPSA) is 73.9 Å². The molecule has 1 aliphatic heterocycles. The van der Waals surface area contributed by atoms with E-state index in [4.69, 9.17) is 14.2 Å². The van der Waals surface area contributed by atoms with Crippen molar-refractivity contribution in [2.75, 3.05) is 32.3 Å². The van der Waals surface area contributed by atoms with Crippen molar-refractivity contribution in [2.45, 2.75) is 38.5 Å². The van der Waals surface area contributed by atoms with E-state index in [2.05, 4.69) is 18.3 Å². The van der Waals surface area contributed by atoms with E-state index in [0.29, 0.717) is 35.7 Å². The number of allylic oxidation sites excluding steroid dienone is 3. The van der Waals surface area contributed by atoms with Gasteiger partial charge in [-0.2, -0.15) is 11.8 Å². The van der Waals surface area contributed by atoms with Crippen molar-refractivity contribution in [3.8, 4) is 11.5 Å². The minimum absolute atomic E-state index is 0.0521. The lowest BCUT2D eigenvalue weighted by Crippen LogP contribution is -2.36. The van der Waals surface area contributed by atoms with Crippen LogP contribution >= 0.6 is 23.1 Å². The second kappa shape index (κ2) is 11.4. The van der Waals surface area contributed by atoms with Crippen LogP contribution in [0.15, 0.2) is 58.3 Å². The number of hydrogen-bond donors (Lipinski definition) is 1. The van der Waals surface area contributed by atoms with Gasteiger partial charge in [-0.1, -0.05) is 19.1 Å². The zero-order valence-electron chi connectivity index (χ0n) is 20.5. The maximum atomic E-state index is 13.6. The Balaban J connectivity index is 1.76. The van der Waals surface area contributed by atoms with E-state index in [1.807, 2.05) is 36.6 Å². The van der Waals surface area contributed by atoms with Gasteiger partial charge in [-0.3, -0.25) is 4.79 Å². The quantitative estimate of drug-likeness (QED) is 0.354. The highest BCUT2D eigenvalue weighted by Crippen LogP contribution is 2.47. The summed E-state index contributed by atoms with van der Waals surface area (Å²) >= 11 is 3.39. The Bertz CT molecular complexity index is 1150. The fourth-order valence-corrected chi connectivity index (χ4v) is 6.14. The number of benzene rings is 1. The first-order chi connectivity index (χ1) is 17.0. The lowest BCUT2D eigenvalue weighted by molar-refractivity contribution is -0.138. The lowest BCUT2D eigenvalue weighted by atomic mass is 9.72. The van der Waals surface area contributed by atoms with E-state index in [0.717, 1.165) is 34.9 Å². The molecule has 186 valence electrons. The van der Waals surface area contributed by atoms with E-state index in [9.17, 15) is 9.59 Å². The number of dihydropyridines is 1. The van der Waals surface area contributed by atoms with Crippen LogP contribution in [0.25, 0.3) is 0 Å². The van der Waals surface area contributed by atoms with E-state index >= 15 is 0 Å². The van der Waals surface area contributed by atoms with Gasteiger partial charge in [0, 0.05) is 45.9 Å². The number of ether oxygens (including phenoxy) is 3. The summed E-state index contributed by atoms with van der Waals surface area (Å²) in [5.74, 6) is 2.09. The average Bonchev–Trinajstić information content (AvgIpc) is 3.40. The summed E-state index contributed by atoms with van der Waals surface area (Å²) in [7, 11) is 3.16. The first-order valence-corrected chi connectivity index (χ1v) is 13.8. The van der Waals surface area contributed by atoms with E-state index < -0.39 is 11.9 Å². The van der Waals surface area contributed by atoms with Crippen LogP contribution in [0, 0.1) is 0 Å². The van der Waals surface area contributed by atoms with Crippen LogP contribution in [0.2, 0.25) is 0 Å². The molecule has 0 saturated carbocycles. The number of Topliss-reactive ketones (excluding diaryl/α,β-unsaturated/α-hetero) is 1. The van der Waals surface area contributed by atoms with Crippen LogP contribution < -0.4 is 14.8 Å². The normalized spacial score (nSPS) is 19.8. The number of rotatable bonds is 9. The predicted molar refractivity (Wildman–Crippen MR) is 140 cm³/mol. The molecule has 0 bridgehead atoms. The van der Waals surface area contributed by atoms with Gasteiger partial charge in [-0.25, -0.2) is 4.79 Å². The Kier molecular flexibility index (Phi) is 8.23. The van der Waals surface area contributed by atoms with Crippen LogP contribution in [0.3, 0.4) is 0 Å². The van der Waals surface area contributed by atoms with E-state index in [-0.39, 0.29) is 11.7 Å². The van der Waals surface area contributed by atoms with Gasteiger partial charge < -0.3 is 19.5 Å². The molecular formula is C27H31NO5S2. The van der Waals surface area contributed by atoms with Gasteiger partial charge in [0.2, 0.25) is 0 Å². The third kappa shape index (κ3) is 5.28. The maximum Gasteiger partial charge on any atom is 0.336 e. The van der Waals surface area contributed by atoms with Crippen LogP contribution in [0.4, 0.5) is 0 Å². The number of esters is 1. The Hall–Kier alpha value is -2.71. The van der Waals surface area contributed by atoms with Crippen molar-refractivity contribution < 1.29 is 23.8 Å². The van der Waals surface area contributed by atoms with E-state index in [1.54, 1.807) is 37.3 Å². The van der Waals surface area contributed by atoms with Gasteiger partial charge in [0.25, 0.3) is 0 Å². The summed E-state index contributed by atoms with van der Waals surface area (Å²) in [6.07, 6.45) is 1.14. The molecule has 0 unspecified atom stereocenters. The highest BCUT2D eigenvalue weighted by Gasteiger charge is 2.41. The SMILES string of the molecule is CCSCCOC(=O)C1=C(C)NC2=C(C(=O)C[C@@H](c3cccs3)C2)[C@H]1c1ccc(OC)c(OC)c1. The van der Waals surface area contributed by atoms with Crippen LogP contribution in [-0.2, 0) is 14.3 Å². The molecule has 2 atom stereocenters. The number of thioether (sulfide) groups is 1. The fourth-order valence-electron chi connectivity index (χ4n) is 4.82. The van der Waals surface area contributed by atoms with Crippen molar-refractivity contribution in [1.29, 1.82) is 0 Å². The van der Waals surface area contributed by atoms with Crippen molar-refractivity contribution in [1.82, 2.24) is 5.32 Å². The molecule has 0 fully saturated rings. The lowest BCUT2D eigenvalue weighted by Gasteiger charge is -2.36. The third-order valence-electron chi connectivity index (χ3n) is 6.40. The van der Waals surface area contributed by atoms with Gasteiger partial charge in [0.15, 0.2) is 17.3 Å². The summed E-state index contributed by atoms with van der Waals surface area (Å²) in [4.78, 5) is 28.2. The summed E-state index contributed by atoms with van der Waals surface area (Å²) < 4.78 is 16.6. The molecule has 1 aromatic carbocycles. The molecule has 35 heavy (non-hydrogen) atoms. The molecule has 8 heteroatoms. The number of hydrogen-bond acceptors (Lipinski definition) is 8. The number of carbonyl (C=O) groups excluding carboxylic acids is 2. The van der Waals surface area contributed by atoms with Gasteiger partial charge in [-0.05, 0) is 48.2 Å². The molecule has 0 spiro atoms. The highest BCUT2D eigenvalue weighted by atomic mass is 32.2. The first-order valence-electron chi connectivity index (χ1n) is 11.7. The van der Waals surface area contributed by atoms with Crippen molar-refractivity contribution in [3.05, 3.63) is 68.7 Å². The molecule has 2 aliphatic rings. The van der Waals surface area contributed by atoms with Gasteiger partial charge >= 0.3 is 5.97 Å². The summed E-state index contributed by atoms with van der Waals surface area (Å²) in [6, 6.07) is 9.67. The van der Waals surface area contributed by atoms with Crippen LogP contribution in [0.1, 0.15) is 49.0 Å². The predicted octanol–water partition coefficient (Wildman–Crippen LogP) is 5.42. The van der Waals surface area contributed by atoms with Gasteiger partial charge in [0.05, 0.1) is 19.8 Å². The number of ketones is 1. The van der Waals surface area contributed by atoms with Crippen LogP contribution in [0.5, 0.6) is 11.5 Å². The molecule has 1 N–H and O–H groups in total. The Morgan fingerprint density at radius 2 is 1.97 bits per heavy atom. The minimum Gasteiger partial charge on any atom is -0.493 e. The smallest absolute Gasteiger partial charge is 0.336 e. The molecule has 0 saturated heterocycles. The number of carbonyl (C=O) groups is 2. The van der Waals surface area contributed by atoms with E-state index in [1.165, 1.54) is 4.88 Å². The molecule has 0 radical (unpaired) electrons. The molecule has 4 rings (SSSR count). The zero-order chi connectivity index (χ0) is 24.9. The minimum atomic E-state index is -0.533. The number of nitrogens with one attached hydrogen (secondary N) is 1. The second-order valence-electron chi connectivity index (χ2n) is 8.48. The fraction of sp³-hybridized carbons (Fsp3) is 0.407. The average molecular weight is 514 g/mol. The first kappa shape index (κ1) is 25.4. The van der Waals surface area contributed by atoms with Crippen molar-refractivity contribution in [2.24, 2.45) is 0 Å². The highest BCUT2D eigenvalue weighted by molar-refractivity contribution is 7.99. The summed E-state index contributed by atoms with van der Waals surface area (Å²) in [6.45, 7) is 4.28. The van der Waals surface area contributed by atoms with Crippen molar-refractivity contribution in [3.63, 3.8) is 0 Å². The molecule has 1 aliphatic carbocycles. The van der Waals surface area contributed by atoms with Gasteiger partial charge in [-0.15, -0.1) is 11.3 Å². The molecule has 1 aromatic heterocycles. The molecule has 0 amide bonds. The van der Waals surface area contributed by atoms with Crippen LogP contribution in [-0.4, -0.2) is 44.1 Å². The monoisotopic (exact) mass is 513 g/mol. The molecular weight excluding hydrogens is 482 g/mol. The second-order valence-corrected chi connectivity index (χ2v) is 10.9. The standard InChI is InChI=1S/C27H31NO5S2/c1-5-34-12-10-33-27(30)24-16(2)28-19-13-18(23-7-6-11-35-23)14-20(29)26(19)25(24)17-8-9-21(31-3)22(15-17)32-4/h6-9,11,15,18,25,28H,5,10,12-14H2,1-4H3/t18-,25-/m0/s1. The molecule has 2 heterocycles. The van der Waals surface area contributed by atoms with Crippen molar-refractivity contribution >= 4 is 34.9 Å². The van der Waals surface area contributed by atoms with Gasteiger partial charge in [0.1, 0.15) is 6.61 Å². The molecule has 2 aromatic rings. The summed E-state index contributed by atoms with van der Waals surface area (Å²) in [5, 5.41) is 5.45. The number of methoxy groups -OCH3 is 2. The molecule has 6 nitrogen and oxygen atoms in total. The Morgan fingerprint density at radius 1 is 1.17 bits per heavy atom. The maximum absolute atomic E-state index is 13.6. The summed E-state index contributed by atoms with van der Waals surface area (Å²) in [5.41, 5.74) is 3.52. The zero-order valence-corrected chi connectivity index (χ0v) is 22.1. The Morgan fingerprint density at radius 3 is 2.66 bits per heavy atom. The largest absolute Gasteiger partial charge is 0.493 e. The Labute approximate surface area is 214 Å². The number of thiophene rings is 1. The third-order valence-corrected chi connectivity index (χ3v) is 8.30.